The molecule has 0 aliphatic rings. The Morgan fingerprint density at radius 2 is 1.89 bits per heavy atom. The number of rotatable bonds is 2. The average Bonchev–Trinajstić information content (AvgIpc) is 2.70. The second-order valence-corrected chi connectivity index (χ2v) is 3.74. The Kier molecular flexibility index (Phi) is 3.01. The molecule has 1 aromatic carbocycles. The number of carboxylic acids is 1. The number of aromatic nitrogens is 3. The molecule has 100 valence electrons. The van der Waals surface area contributed by atoms with Crippen LogP contribution >= 0.6 is 0 Å². The van der Waals surface area contributed by atoms with Crippen LogP contribution in [-0.4, -0.2) is 26.1 Å². The van der Waals surface area contributed by atoms with Crippen molar-refractivity contribution in [2.45, 2.75) is 13.1 Å². The van der Waals surface area contributed by atoms with Gasteiger partial charge in [0.1, 0.15) is 0 Å². The SMILES string of the molecule is Cc1nn(-c2ccccc2C(F)(F)F)nc1C(=O)O. The monoisotopic (exact) mass is 271 g/mol. The van der Waals surface area contributed by atoms with Gasteiger partial charge in [-0.05, 0) is 19.1 Å². The zero-order valence-electron chi connectivity index (χ0n) is 9.64. The lowest BCUT2D eigenvalue weighted by molar-refractivity contribution is -0.137. The molecule has 5 nitrogen and oxygen atoms in total. The fourth-order valence-electron chi connectivity index (χ4n) is 1.57. The van der Waals surface area contributed by atoms with E-state index in [1.807, 2.05) is 0 Å². The summed E-state index contributed by atoms with van der Waals surface area (Å²) in [5, 5.41) is 16.1. The molecule has 0 saturated carbocycles. The van der Waals surface area contributed by atoms with Crippen molar-refractivity contribution >= 4 is 5.97 Å². The van der Waals surface area contributed by atoms with Gasteiger partial charge in [0.2, 0.25) is 0 Å². The molecule has 8 heteroatoms. The molecule has 0 unspecified atom stereocenters. The highest BCUT2D eigenvalue weighted by Gasteiger charge is 2.34. The van der Waals surface area contributed by atoms with E-state index in [0.29, 0.717) is 4.80 Å². The van der Waals surface area contributed by atoms with E-state index in [9.17, 15) is 18.0 Å². The molecule has 0 aliphatic carbocycles. The van der Waals surface area contributed by atoms with E-state index in [1.54, 1.807) is 0 Å². The van der Waals surface area contributed by atoms with Gasteiger partial charge < -0.3 is 5.11 Å². The van der Waals surface area contributed by atoms with E-state index in [0.717, 1.165) is 6.07 Å². The van der Waals surface area contributed by atoms with Crippen molar-refractivity contribution in [2.24, 2.45) is 0 Å². The summed E-state index contributed by atoms with van der Waals surface area (Å²) >= 11 is 0. The molecule has 0 aliphatic heterocycles. The lowest BCUT2D eigenvalue weighted by atomic mass is 10.2. The van der Waals surface area contributed by atoms with Gasteiger partial charge in [-0.2, -0.15) is 18.3 Å². The zero-order chi connectivity index (χ0) is 14.2. The average molecular weight is 271 g/mol. The van der Waals surface area contributed by atoms with Crippen LogP contribution in [0.3, 0.4) is 0 Å². The molecular formula is C11H8F3N3O2. The fourth-order valence-corrected chi connectivity index (χ4v) is 1.57. The number of para-hydroxylation sites is 1. The van der Waals surface area contributed by atoms with E-state index in [-0.39, 0.29) is 17.1 Å². The predicted molar refractivity (Wildman–Crippen MR) is 58.1 cm³/mol. The highest BCUT2D eigenvalue weighted by molar-refractivity contribution is 5.86. The van der Waals surface area contributed by atoms with E-state index in [4.69, 9.17) is 5.11 Å². The lowest BCUT2D eigenvalue weighted by Crippen LogP contribution is -2.12. The molecule has 1 aromatic heterocycles. The second kappa shape index (κ2) is 4.38. The van der Waals surface area contributed by atoms with Gasteiger partial charge in [0.15, 0.2) is 5.69 Å². The van der Waals surface area contributed by atoms with Crippen molar-refractivity contribution in [3.63, 3.8) is 0 Å². The Labute approximate surface area is 105 Å². The number of hydrogen-bond acceptors (Lipinski definition) is 3. The Bertz CT molecular complexity index is 634. The van der Waals surface area contributed by atoms with E-state index in [1.165, 1.54) is 25.1 Å². The summed E-state index contributed by atoms with van der Waals surface area (Å²) in [6, 6.07) is 4.69. The summed E-state index contributed by atoms with van der Waals surface area (Å²) in [6.07, 6.45) is -4.57. The van der Waals surface area contributed by atoms with Gasteiger partial charge in [-0.3, -0.25) is 0 Å². The molecular weight excluding hydrogens is 263 g/mol. The highest BCUT2D eigenvalue weighted by Crippen LogP contribution is 2.33. The molecule has 2 rings (SSSR count). The van der Waals surface area contributed by atoms with Gasteiger partial charge in [-0.25, -0.2) is 4.79 Å². The number of carboxylic acid groups (broad SMARTS) is 1. The third-order valence-electron chi connectivity index (χ3n) is 2.41. The third-order valence-corrected chi connectivity index (χ3v) is 2.41. The van der Waals surface area contributed by atoms with Crippen molar-refractivity contribution in [2.75, 3.05) is 0 Å². The molecule has 0 atom stereocenters. The summed E-state index contributed by atoms with van der Waals surface area (Å²) in [6.45, 7) is 1.36. The standard InChI is InChI=1S/C11H8F3N3O2/c1-6-9(10(18)19)16-17(15-6)8-5-3-2-4-7(8)11(12,13)14/h2-5H,1H3,(H,18,19). The normalized spacial score (nSPS) is 11.6. The van der Waals surface area contributed by atoms with Crippen molar-refractivity contribution < 1.29 is 23.1 Å². The first-order valence-electron chi connectivity index (χ1n) is 5.14. The molecule has 1 N–H and O–H groups in total. The van der Waals surface area contributed by atoms with Crippen LogP contribution in [0, 0.1) is 6.92 Å². The minimum Gasteiger partial charge on any atom is -0.476 e. The number of aromatic carboxylic acids is 1. The van der Waals surface area contributed by atoms with Crippen LogP contribution in [0.15, 0.2) is 24.3 Å². The minimum absolute atomic E-state index is 0.0458. The van der Waals surface area contributed by atoms with Crippen LogP contribution in [0.2, 0.25) is 0 Å². The molecule has 0 amide bonds. The summed E-state index contributed by atoms with van der Waals surface area (Å²) < 4.78 is 38.4. The molecule has 2 aromatic rings. The highest BCUT2D eigenvalue weighted by atomic mass is 19.4. The lowest BCUT2D eigenvalue weighted by Gasteiger charge is -2.11. The number of aryl methyl sites for hydroxylation is 1. The Morgan fingerprint density at radius 3 is 2.42 bits per heavy atom. The van der Waals surface area contributed by atoms with Crippen molar-refractivity contribution in [1.29, 1.82) is 0 Å². The van der Waals surface area contributed by atoms with Gasteiger partial charge in [-0.15, -0.1) is 9.90 Å². The second-order valence-electron chi connectivity index (χ2n) is 3.74. The summed E-state index contributed by atoms with van der Waals surface area (Å²) in [4.78, 5) is 11.5. The van der Waals surface area contributed by atoms with Gasteiger partial charge >= 0.3 is 12.1 Å². The zero-order valence-corrected chi connectivity index (χ0v) is 9.64. The van der Waals surface area contributed by atoms with Crippen LogP contribution < -0.4 is 0 Å². The smallest absolute Gasteiger partial charge is 0.418 e. The number of benzene rings is 1. The maximum Gasteiger partial charge on any atom is 0.418 e. The fraction of sp³-hybridized carbons (Fsp3) is 0.182. The molecule has 1 heterocycles. The number of hydrogen-bond donors (Lipinski definition) is 1. The van der Waals surface area contributed by atoms with Gasteiger partial charge in [0, 0.05) is 0 Å². The first kappa shape index (κ1) is 13.1. The topological polar surface area (TPSA) is 68.0 Å². The van der Waals surface area contributed by atoms with Gasteiger partial charge in [0.05, 0.1) is 16.9 Å². The number of alkyl halides is 3. The maximum absolute atomic E-state index is 12.8. The first-order chi connectivity index (χ1) is 8.80. The summed E-state index contributed by atoms with van der Waals surface area (Å²) in [5.74, 6) is -1.34. The summed E-state index contributed by atoms with van der Waals surface area (Å²) in [7, 11) is 0. The van der Waals surface area contributed by atoms with Crippen LogP contribution in [0.4, 0.5) is 13.2 Å². The molecule has 0 fully saturated rings. The van der Waals surface area contributed by atoms with Crippen molar-refractivity contribution in [1.82, 2.24) is 15.0 Å². The summed E-state index contributed by atoms with van der Waals surface area (Å²) in [5.41, 5.74) is -1.58. The van der Waals surface area contributed by atoms with Crippen molar-refractivity contribution in [3.05, 3.63) is 41.2 Å². The van der Waals surface area contributed by atoms with Gasteiger partial charge in [-0.1, -0.05) is 12.1 Å². The van der Waals surface area contributed by atoms with Crippen LogP contribution in [0.1, 0.15) is 21.7 Å². The molecule has 0 radical (unpaired) electrons. The number of carbonyl (C=O) groups is 1. The van der Waals surface area contributed by atoms with E-state index < -0.39 is 17.7 Å². The van der Waals surface area contributed by atoms with E-state index in [2.05, 4.69) is 10.2 Å². The predicted octanol–water partition coefficient (Wildman–Crippen LogP) is 2.29. The maximum atomic E-state index is 12.8. The third kappa shape index (κ3) is 2.42. The van der Waals surface area contributed by atoms with Crippen LogP contribution in [0.5, 0.6) is 0 Å². The van der Waals surface area contributed by atoms with Crippen LogP contribution in [-0.2, 0) is 6.18 Å². The molecule has 19 heavy (non-hydrogen) atoms. The first-order valence-corrected chi connectivity index (χ1v) is 5.14. The molecule has 0 spiro atoms. The quantitative estimate of drug-likeness (QED) is 0.909. The van der Waals surface area contributed by atoms with E-state index >= 15 is 0 Å². The van der Waals surface area contributed by atoms with Gasteiger partial charge in [0.25, 0.3) is 0 Å². The van der Waals surface area contributed by atoms with Crippen LogP contribution in [0.25, 0.3) is 5.69 Å². The molecule has 0 saturated heterocycles. The Hall–Kier alpha value is -2.38. The van der Waals surface area contributed by atoms with Crippen molar-refractivity contribution in [3.8, 4) is 5.69 Å². The Morgan fingerprint density at radius 1 is 1.26 bits per heavy atom. The largest absolute Gasteiger partial charge is 0.476 e. The minimum atomic E-state index is -4.57. The Balaban J connectivity index is 2.60. The molecule has 0 bridgehead atoms. The number of nitrogens with zero attached hydrogens (tertiary/aromatic N) is 3. The number of halogens is 3.